The average Bonchev–Trinajstić information content (AvgIpc) is 1.68. The second kappa shape index (κ2) is 52.2. The van der Waals surface area contributed by atoms with Crippen LogP contribution in [0.1, 0.15) is 190 Å². The molecular weight excluding hydrogens is 1680 g/mol. The molecule has 3 aromatic rings. The highest BCUT2D eigenvalue weighted by Crippen LogP contribution is 2.28. The Kier molecular flexibility index (Phi) is 42.3. The van der Waals surface area contributed by atoms with Gasteiger partial charge in [-0.25, -0.2) is 4.79 Å². The summed E-state index contributed by atoms with van der Waals surface area (Å²) in [6.45, 7) is 13.0. The number of nitrogens with zero attached hydrogens (tertiary/aromatic N) is 4. The number of aliphatic carboxylic acids is 1. The molecule has 0 aliphatic carbocycles. The van der Waals surface area contributed by atoms with E-state index in [4.69, 9.17) is 22.3 Å². The van der Waals surface area contributed by atoms with Gasteiger partial charge in [0, 0.05) is 102 Å². The summed E-state index contributed by atoms with van der Waals surface area (Å²) in [6.07, 6.45) is 3.40. The Morgan fingerprint density at radius 3 is 1.58 bits per heavy atom. The monoisotopic (exact) mass is 1810 g/mol. The summed E-state index contributed by atoms with van der Waals surface area (Å²) in [6, 6.07) is 7.18. The standard InChI is InChI=1S/C89H129N21O20/c1-52(2)46-62(77(120)99-50-71(115)95-42-19-45-110-73(117)37-38-74(110)118)103-79(122)63(48-55-20-11-10-12-21-55)100-72(116)51-98-70(114)36-35-69(113)94-39-14-13-22-61(102-76(119)58-31-29-57(30-32-58)54(5)111)83(126)108-43-17-25-67(108)81(124)104-64(47-53(3)4)84(127)109-44-18-26-68(109)85(128)107(9)66(24-16-41-97-88(92)93)80(123)106-75(89(6,7)8)82(125)101-60(23-15-40-96-87(90)91)78(121)105-65(86(129)130)49-56-27-33-59(112)34-28-56/h10-12,20-21,27-34,37-38,52-53,60-68,75,112H,13-19,22-26,35-36,39-51H2,1-9H3,(H,94,113)(H,95,115)(H,98,114)(H,99,120)(H,100,116)(H,101,125)(H,102,119)(H,103,122)(H,104,124)(H,105,121)(H,106,123)(H,129,130)(H4,90,91,96)(H4,92,93,97)/t60-,61-,62-,63-,64-,65-,66-,67-,68-,75+/m0/s1. The van der Waals surface area contributed by atoms with Gasteiger partial charge in [-0.05, 0) is 149 Å². The van der Waals surface area contributed by atoms with Gasteiger partial charge >= 0.3 is 5.97 Å². The topological polar surface area (TPSA) is 617 Å². The first-order chi connectivity index (χ1) is 61.5. The predicted molar refractivity (Wildman–Crippen MR) is 477 cm³/mol. The van der Waals surface area contributed by atoms with E-state index in [9.17, 15) is 86.9 Å². The van der Waals surface area contributed by atoms with Crippen LogP contribution in [-0.4, -0.2) is 274 Å². The Labute approximate surface area is 755 Å². The van der Waals surface area contributed by atoms with Crippen molar-refractivity contribution in [2.24, 2.45) is 28.7 Å². The van der Waals surface area contributed by atoms with E-state index in [2.05, 4.69) is 69.1 Å². The lowest BCUT2D eigenvalue weighted by Gasteiger charge is -2.37. The predicted octanol–water partition coefficient (Wildman–Crippen LogP) is -0.624. The summed E-state index contributed by atoms with van der Waals surface area (Å²) in [5, 5.41) is 70.0. The van der Waals surface area contributed by atoms with Crippen LogP contribution in [0.2, 0.25) is 0 Å². The lowest BCUT2D eigenvalue weighted by atomic mass is 9.85. The highest BCUT2D eigenvalue weighted by molar-refractivity contribution is 6.13. The fourth-order valence-corrected chi connectivity index (χ4v) is 15.1. The number of amides is 16. The zero-order valence-corrected chi connectivity index (χ0v) is 75.4. The van der Waals surface area contributed by atoms with Crippen LogP contribution in [0.25, 0.3) is 0 Å². The average molecular weight is 1810 g/mol. The number of ketones is 1. The summed E-state index contributed by atoms with van der Waals surface area (Å²) >= 11 is 0. The second-order valence-corrected chi connectivity index (χ2v) is 34.5. The maximum atomic E-state index is 15.1. The van der Waals surface area contributed by atoms with Crippen molar-refractivity contribution in [1.82, 2.24) is 88.7 Å². The number of carboxylic acid groups (broad SMARTS) is 1. The van der Waals surface area contributed by atoms with Crippen molar-refractivity contribution in [2.45, 2.75) is 231 Å². The summed E-state index contributed by atoms with van der Waals surface area (Å²) in [5.41, 5.74) is 11.5. The van der Waals surface area contributed by atoms with E-state index in [-0.39, 0.29) is 189 Å². The number of unbranched alkanes of at least 4 members (excludes halogenated alkanes) is 1. The van der Waals surface area contributed by atoms with Gasteiger partial charge in [-0.1, -0.05) is 103 Å². The molecule has 710 valence electrons. The molecule has 16 amide bonds. The number of benzene rings is 3. The Bertz CT molecular complexity index is 4520. The maximum Gasteiger partial charge on any atom is 0.326 e. The molecule has 6 rings (SSSR count). The SMILES string of the molecule is CC(=O)c1ccc(C(=O)N[C@@H](CCCCNC(=O)CCC(=O)NCC(=O)N[C@@H](Cc2ccccc2)C(=O)N[C@@H](CC(C)C)C(=O)NCC(=O)NCCCN2C(=O)C=CC2=O)C(=O)N2CCC[C@H]2C(=O)N[C@@H](CC(C)C)C(=O)N2CCC[C@H]2C(=O)N(C)[C@@H](CCCNC(=N)N)C(=O)N[C@H](C(=O)N[C@@H](CCCNC(=N)N)C(=O)N[C@@H](Cc2ccc(O)cc2)C(=O)O)C(C)(C)C)cc1. The highest BCUT2D eigenvalue weighted by Gasteiger charge is 2.46. The number of carboxylic acids is 1. The molecule has 3 aliphatic heterocycles. The lowest BCUT2D eigenvalue weighted by Crippen LogP contribution is -2.62. The molecule has 0 saturated carbocycles. The summed E-state index contributed by atoms with van der Waals surface area (Å²) in [7, 11) is 1.37. The van der Waals surface area contributed by atoms with Crippen LogP contribution in [0, 0.1) is 28.1 Å². The molecule has 130 heavy (non-hydrogen) atoms. The minimum Gasteiger partial charge on any atom is -0.508 e. The third-order valence-corrected chi connectivity index (χ3v) is 22.0. The van der Waals surface area contributed by atoms with E-state index in [0.29, 0.717) is 29.5 Å². The van der Waals surface area contributed by atoms with Gasteiger partial charge in [0.15, 0.2) is 17.7 Å². The number of imide groups is 1. The van der Waals surface area contributed by atoms with Gasteiger partial charge in [-0.15, -0.1) is 0 Å². The van der Waals surface area contributed by atoms with Crippen LogP contribution in [0.5, 0.6) is 5.75 Å². The van der Waals surface area contributed by atoms with Gasteiger partial charge < -0.3 is 105 Å². The molecule has 41 heteroatoms. The number of carbonyl (C=O) groups excluding carboxylic acids is 17. The third-order valence-electron chi connectivity index (χ3n) is 22.0. The summed E-state index contributed by atoms with van der Waals surface area (Å²) < 4.78 is 0. The van der Waals surface area contributed by atoms with Crippen LogP contribution in [0.4, 0.5) is 0 Å². The Morgan fingerprint density at radius 2 is 0.992 bits per heavy atom. The second-order valence-electron chi connectivity index (χ2n) is 34.5. The van der Waals surface area contributed by atoms with Crippen LogP contribution >= 0.6 is 0 Å². The minimum atomic E-state index is -1.50. The van der Waals surface area contributed by atoms with Crippen LogP contribution in [0.3, 0.4) is 0 Å². The molecule has 0 unspecified atom stereocenters. The van der Waals surface area contributed by atoms with Crippen LogP contribution in [0.15, 0.2) is 91.0 Å². The van der Waals surface area contributed by atoms with E-state index >= 15 is 9.59 Å². The molecule has 21 N–H and O–H groups in total. The zero-order chi connectivity index (χ0) is 96.1. The Morgan fingerprint density at radius 1 is 0.492 bits per heavy atom. The van der Waals surface area contributed by atoms with E-state index in [1.54, 1.807) is 51.1 Å². The van der Waals surface area contributed by atoms with Crippen LogP contribution < -0.4 is 80.6 Å². The number of hydrogen-bond acceptors (Lipinski definition) is 21. The number of Topliss-reactive ketones (excluding diaryl/α,β-unsaturated/α-hetero) is 1. The van der Waals surface area contributed by atoms with Crippen molar-refractivity contribution < 1.29 is 96.5 Å². The van der Waals surface area contributed by atoms with E-state index in [0.717, 1.165) is 17.1 Å². The molecule has 0 aromatic heterocycles. The van der Waals surface area contributed by atoms with Crippen molar-refractivity contribution in [2.75, 3.05) is 66.0 Å². The highest BCUT2D eigenvalue weighted by atomic mass is 16.4. The quantitative estimate of drug-likeness (QED) is 0.0110. The minimum absolute atomic E-state index is 0.00918. The van der Waals surface area contributed by atoms with Gasteiger partial charge in [0.05, 0.1) is 13.1 Å². The number of nitrogens with two attached hydrogens (primary N) is 2. The van der Waals surface area contributed by atoms with Gasteiger partial charge in [0.1, 0.15) is 66.2 Å². The molecule has 3 heterocycles. The number of phenols is 1. The van der Waals surface area contributed by atoms with Gasteiger partial charge in [0.25, 0.3) is 17.7 Å². The van der Waals surface area contributed by atoms with Gasteiger partial charge in [-0.2, -0.15) is 0 Å². The molecular formula is C89H129N21O20. The molecule has 2 saturated heterocycles. The van der Waals surface area contributed by atoms with Crippen molar-refractivity contribution in [3.63, 3.8) is 0 Å². The number of guanidine groups is 2. The van der Waals surface area contributed by atoms with Crippen LogP contribution in [-0.2, 0) is 89.6 Å². The number of hydrogen-bond donors (Lipinski definition) is 19. The van der Waals surface area contributed by atoms with Gasteiger partial charge in [-0.3, -0.25) is 97.2 Å². The number of rotatable bonds is 52. The fourth-order valence-electron chi connectivity index (χ4n) is 15.1. The zero-order valence-electron chi connectivity index (χ0n) is 75.4. The number of phenolic OH excluding ortho intramolecular Hbond substituents is 1. The fraction of sp³-hybridized carbons (Fsp3) is 0.551. The number of carbonyl (C=O) groups is 18. The smallest absolute Gasteiger partial charge is 0.326 e. The molecule has 10 atom stereocenters. The number of likely N-dealkylation sites (N-methyl/N-ethyl adjacent to an activating group) is 1. The van der Waals surface area contributed by atoms with Crippen molar-refractivity contribution in [1.29, 1.82) is 10.8 Å². The molecule has 0 bridgehead atoms. The molecule has 0 spiro atoms. The molecule has 3 aliphatic rings. The maximum absolute atomic E-state index is 15.1. The summed E-state index contributed by atoms with van der Waals surface area (Å²) in [4.78, 5) is 251. The van der Waals surface area contributed by atoms with Crippen molar-refractivity contribution in [3.8, 4) is 5.75 Å². The van der Waals surface area contributed by atoms with Crippen molar-refractivity contribution in [3.05, 3.63) is 113 Å². The third kappa shape index (κ3) is 35.0. The molecule has 2 fully saturated rings. The van der Waals surface area contributed by atoms with Crippen molar-refractivity contribution >= 4 is 118 Å². The normalized spacial score (nSPS) is 15.9. The van der Waals surface area contributed by atoms with E-state index < -0.39 is 179 Å². The summed E-state index contributed by atoms with van der Waals surface area (Å²) in [5.74, 6) is -13.6. The first kappa shape index (κ1) is 105. The largest absolute Gasteiger partial charge is 0.508 e. The Balaban J connectivity index is 1.08. The Hall–Kier alpha value is -13.4. The van der Waals surface area contributed by atoms with E-state index in [1.807, 2.05) is 27.7 Å². The lowest BCUT2D eigenvalue weighted by molar-refractivity contribution is -0.149. The molecule has 3 aromatic carbocycles. The van der Waals surface area contributed by atoms with Gasteiger partial charge in [0.2, 0.25) is 76.8 Å². The molecule has 0 radical (unpaired) electrons. The number of nitrogens with one attached hydrogen (secondary N) is 15. The first-order valence-corrected chi connectivity index (χ1v) is 43.9. The number of likely N-dealkylation sites (tertiary alicyclic amines) is 2. The van der Waals surface area contributed by atoms with E-state index in [1.165, 1.54) is 77.2 Å². The first-order valence-electron chi connectivity index (χ1n) is 43.9. The molecule has 41 nitrogen and oxygen atoms in total. The number of aromatic hydroxyl groups is 1.